The highest BCUT2D eigenvalue weighted by molar-refractivity contribution is 7.81. The van der Waals surface area contributed by atoms with Gasteiger partial charge in [0, 0.05) is 11.1 Å². The van der Waals surface area contributed by atoms with Crippen LogP contribution in [0.1, 0.15) is 23.6 Å². The number of aryl methyl sites for hydroxylation is 1. The molecule has 0 N–H and O–H groups in total. The predicted molar refractivity (Wildman–Crippen MR) is 98.2 cm³/mol. The molecule has 0 amide bonds. The van der Waals surface area contributed by atoms with Crippen LogP contribution in [0.15, 0.2) is 59.8 Å². The van der Waals surface area contributed by atoms with Gasteiger partial charge < -0.3 is 0 Å². The molecular weight excluding hydrogens is 288 g/mol. The minimum atomic E-state index is 0.746. The number of fused-ring (bicyclic) bond motifs is 1. The highest BCUT2D eigenvalue weighted by Gasteiger charge is 2.31. The summed E-state index contributed by atoms with van der Waals surface area (Å²) >= 11 is 5.66. The van der Waals surface area contributed by atoms with Gasteiger partial charge in [-0.05, 0) is 30.8 Å². The Hall–Kier alpha value is -2.48. The van der Waals surface area contributed by atoms with E-state index in [0.29, 0.717) is 0 Å². The smallest absolute Gasteiger partial charge is 0.119 e. The van der Waals surface area contributed by atoms with Gasteiger partial charge >= 0.3 is 0 Å². The first kappa shape index (κ1) is 14.5. The van der Waals surface area contributed by atoms with E-state index in [0.717, 1.165) is 39.6 Å². The molecule has 0 bridgehead atoms. The number of thiocarbonyl (C=S) groups is 1. The lowest BCUT2D eigenvalue weighted by molar-refractivity contribution is 1.14. The fourth-order valence-corrected chi connectivity index (χ4v) is 3.09. The third-order valence-electron chi connectivity index (χ3n) is 3.87. The van der Waals surface area contributed by atoms with Crippen LogP contribution < -0.4 is 4.90 Å². The molecule has 22 heavy (non-hydrogen) atoms. The molecule has 2 aromatic carbocycles. The van der Waals surface area contributed by atoms with Crippen molar-refractivity contribution in [3.63, 3.8) is 0 Å². The summed E-state index contributed by atoms with van der Waals surface area (Å²) in [5, 5.41) is 0. The molecule has 2 nitrogen and oxygen atoms in total. The first-order valence-corrected chi connectivity index (χ1v) is 7.55. The van der Waals surface area contributed by atoms with Crippen molar-refractivity contribution in [2.45, 2.75) is 13.3 Å². The quantitative estimate of drug-likeness (QED) is 0.455. The van der Waals surface area contributed by atoms with Crippen molar-refractivity contribution in [1.29, 1.82) is 0 Å². The molecule has 3 rings (SSSR count). The molecule has 1 aliphatic rings. The van der Waals surface area contributed by atoms with Gasteiger partial charge in [-0.1, -0.05) is 56.1 Å². The molecule has 0 radical (unpaired) electrons. The summed E-state index contributed by atoms with van der Waals surface area (Å²) < 4.78 is 0. The van der Waals surface area contributed by atoms with E-state index < -0.39 is 0 Å². The fourth-order valence-electron chi connectivity index (χ4n) is 2.73. The zero-order valence-corrected chi connectivity index (χ0v) is 13.3. The summed E-state index contributed by atoms with van der Waals surface area (Å²) in [6.07, 6.45) is 0.956. The van der Waals surface area contributed by atoms with Crippen molar-refractivity contribution >= 4 is 41.0 Å². The van der Waals surface area contributed by atoms with E-state index in [1.54, 1.807) is 0 Å². The van der Waals surface area contributed by atoms with Crippen LogP contribution in [0.25, 0.3) is 5.70 Å². The monoisotopic (exact) mass is 304 g/mol. The van der Waals surface area contributed by atoms with Gasteiger partial charge in [0.1, 0.15) is 4.99 Å². The highest BCUT2D eigenvalue weighted by Crippen LogP contribution is 2.41. The van der Waals surface area contributed by atoms with Gasteiger partial charge in [0.2, 0.25) is 0 Å². The normalized spacial score (nSPS) is 13.0. The molecule has 0 atom stereocenters. The van der Waals surface area contributed by atoms with Crippen molar-refractivity contribution in [2.24, 2.45) is 4.99 Å². The molecule has 0 saturated heterocycles. The molecule has 1 heterocycles. The van der Waals surface area contributed by atoms with Crippen molar-refractivity contribution in [1.82, 2.24) is 0 Å². The van der Waals surface area contributed by atoms with Gasteiger partial charge in [-0.25, -0.2) is 0 Å². The Bertz CT molecular complexity index is 829. The summed E-state index contributed by atoms with van der Waals surface area (Å²) in [5.41, 5.74) is 8.93. The molecule has 0 fully saturated rings. The van der Waals surface area contributed by atoms with Crippen molar-refractivity contribution in [3.8, 4) is 0 Å². The largest absolute Gasteiger partial charge is 0.291 e. The predicted octanol–water partition coefficient (Wildman–Crippen LogP) is 4.90. The Kier molecular flexibility index (Phi) is 3.76. The van der Waals surface area contributed by atoms with E-state index >= 15 is 0 Å². The van der Waals surface area contributed by atoms with Gasteiger partial charge in [-0.3, -0.25) is 9.89 Å². The molecule has 2 aromatic rings. The first-order valence-electron chi connectivity index (χ1n) is 7.14. The van der Waals surface area contributed by atoms with E-state index in [1.165, 1.54) is 5.56 Å². The van der Waals surface area contributed by atoms with E-state index in [1.807, 2.05) is 35.2 Å². The minimum Gasteiger partial charge on any atom is -0.291 e. The van der Waals surface area contributed by atoms with Crippen molar-refractivity contribution in [2.75, 3.05) is 4.90 Å². The Morgan fingerprint density at radius 3 is 2.55 bits per heavy atom. The molecule has 1 aliphatic heterocycles. The SMILES string of the molecule is C=C=C1c2ccccc2C(=S)N1c1ccc(CC)cc1N=C. The zero-order chi connectivity index (χ0) is 15.7. The maximum atomic E-state index is 5.66. The van der Waals surface area contributed by atoms with E-state index in [2.05, 4.69) is 43.1 Å². The number of nitrogens with zero attached hydrogens (tertiary/aromatic N) is 2. The second kappa shape index (κ2) is 5.72. The Balaban J connectivity index is 2.20. The number of rotatable bonds is 3. The summed E-state index contributed by atoms with van der Waals surface area (Å²) in [4.78, 5) is 6.91. The number of aliphatic imine (C=N–C) groups is 1. The van der Waals surface area contributed by atoms with Crippen LogP contribution in [0.4, 0.5) is 11.4 Å². The lowest BCUT2D eigenvalue weighted by Gasteiger charge is -2.21. The highest BCUT2D eigenvalue weighted by atomic mass is 32.1. The number of anilines is 1. The summed E-state index contributed by atoms with van der Waals surface area (Å²) in [7, 11) is 0. The van der Waals surface area contributed by atoms with Crippen LogP contribution in [-0.4, -0.2) is 11.7 Å². The van der Waals surface area contributed by atoms with Crippen LogP contribution >= 0.6 is 12.2 Å². The van der Waals surface area contributed by atoms with Gasteiger partial charge in [-0.15, -0.1) is 5.73 Å². The first-order chi connectivity index (χ1) is 10.7. The Labute approximate surface area is 136 Å². The molecule has 0 aliphatic carbocycles. The van der Waals surface area contributed by atoms with Gasteiger partial charge in [0.15, 0.2) is 0 Å². The second-order valence-electron chi connectivity index (χ2n) is 5.05. The maximum Gasteiger partial charge on any atom is 0.119 e. The van der Waals surface area contributed by atoms with Crippen molar-refractivity contribution in [3.05, 3.63) is 71.5 Å². The van der Waals surface area contributed by atoms with Gasteiger partial charge in [0.05, 0.1) is 17.1 Å². The molecule has 0 unspecified atom stereocenters. The van der Waals surface area contributed by atoms with Crippen molar-refractivity contribution < 1.29 is 0 Å². The van der Waals surface area contributed by atoms with Crippen LogP contribution in [0.2, 0.25) is 0 Å². The molecule has 0 spiro atoms. The zero-order valence-electron chi connectivity index (χ0n) is 12.5. The average Bonchev–Trinajstić information content (AvgIpc) is 2.86. The van der Waals surface area contributed by atoms with E-state index in [-0.39, 0.29) is 0 Å². The third kappa shape index (κ3) is 2.12. The van der Waals surface area contributed by atoms with Crippen LogP contribution in [0, 0.1) is 0 Å². The van der Waals surface area contributed by atoms with Gasteiger partial charge in [-0.2, -0.15) is 0 Å². The van der Waals surface area contributed by atoms with Crippen LogP contribution in [0.3, 0.4) is 0 Å². The number of benzene rings is 2. The Morgan fingerprint density at radius 1 is 1.18 bits per heavy atom. The second-order valence-corrected chi connectivity index (χ2v) is 5.43. The molecule has 3 heteroatoms. The number of hydrogen-bond acceptors (Lipinski definition) is 2. The fraction of sp³-hybridized carbons (Fsp3) is 0.105. The minimum absolute atomic E-state index is 0.746. The van der Waals surface area contributed by atoms with Crippen LogP contribution in [-0.2, 0) is 6.42 Å². The topological polar surface area (TPSA) is 15.6 Å². The molecule has 108 valence electrons. The molecular formula is C19H16N2S. The third-order valence-corrected chi connectivity index (χ3v) is 4.27. The molecule has 0 saturated carbocycles. The van der Waals surface area contributed by atoms with Gasteiger partial charge in [0.25, 0.3) is 0 Å². The van der Waals surface area contributed by atoms with E-state index in [9.17, 15) is 0 Å². The molecule has 0 aromatic heterocycles. The maximum absolute atomic E-state index is 5.66. The summed E-state index contributed by atoms with van der Waals surface area (Å²) in [6.45, 7) is 9.65. The number of hydrogen-bond donors (Lipinski definition) is 0. The average molecular weight is 304 g/mol. The summed E-state index contributed by atoms with van der Waals surface area (Å²) in [5.74, 6) is 0. The van der Waals surface area contributed by atoms with Crippen LogP contribution in [0.5, 0.6) is 0 Å². The summed E-state index contributed by atoms with van der Waals surface area (Å²) in [6, 6.07) is 14.2. The van der Waals surface area contributed by atoms with E-state index in [4.69, 9.17) is 12.2 Å². The Morgan fingerprint density at radius 2 is 1.91 bits per heavy atom. The lowest BCUT2D eigenvalue weighted by Crippen LogP contribution is -2.21. The lowest BCUT2D eigenvalue weighted by atomic mass is 10.1. The standard InChI is InChI=1S/C19H16N2S/c1-4-13-10-11-18(16(12-13)20-3)21-17(5-2)14-8-6-7-9-15(14)19(21)22/h6-12H,2-4H2,1H3.